The Kier molecular flexibility index (Phi) is 3.92. The molecule has 19 heavy (non-hydrogen) atoms. The number of halogens is 1. The van der Waals surface area contributed by atoms with Crippen molar-refractivity contribution in [3.8, 4) is 12.1 Å². The lowest BCUT2D eigenvalue weighted by Crippen LogP contribution is -2.25. The van der Waals surface area contributed by atoms with Crippen LogP contribution in [-0.4, -0.2) is 3.92 Å². The van der Waals surface area contributed by atoms with Crippen molar-refractivity contribution in [3.63, 3.8) is 0 Å². The predicted octanol–water partition coefficient (Wildman–Crippen LogP) is 3.43. The van der Waals surface area contributed by atoms with E-state index in [9.17, 15) is 5.26 Å². The Morgan fingerprint density at radius 2 is 1.84 bits per heavy atom. The summed E-state index contributed by atoms with van der Waals surface area (Å²) in [5, 5.41) is 21.7. The number of hydrogen-bond donors (Lipinski definition) is 1. The molecule has 1 aromatic carbocycles. The second-order valence-corrected chi connectivity index (χ2v) is 5.65. The summed E-state index contributed by atoms with van der Waals surface area (Å²) in [5.41, 5.74) is 4.97. The predicted molar refractivity (Wildman–Crippen MR) is 83.0 cm³/mol. The largest absolute Gasteiger partial charge is 0.357 e. The highest BCUT2D eigenvalue weighted by atomic mass is 127. The summed E-state index contributed by atoms with van der Waals surface area (Å²) in [6.07, 6.45) is 0. The van der Waals surface area contributed by atoms with E-state index in [2.05, 4.69) is 40.0 Å². The van der Waals surface area contributed by atoms with Gasteiger partial charge in [-0.25, -0.2) is 0 Å². The number of dihydropyridines is 1. The summed E-state index contributed by atoms with van der Waals surface area (Å²) in [6.45, 7) is 3.89. The molecule has 1 heterocycles. The quantitative estimate of drug-likeness (QED) is 0.616. The van der Waals surface area contributed by atoms with Crippen LogP contribution in [0.4, 0.5) is 0 Å². The van der Waals surface area contributed by atoms with Crippen LogP contribution in [0.25, 0.3) is 5.70 Å². The van der Waals surface area contributed by atoms with Gasteiger partial charge in [-0.15, -0.1) is 0 Å². The molecule has 0 fully saturated rings. The van der Waals surface area contributed by atoms with Crippen LogP contribution in [0, 0.1) is 29.6 Å². The Morgan fingerprint density at radius 3 is 2.42 bits per heavy atom. The molecule has 1 atom stereocenters. The van der Waals surface area contributed by atoms with E-state index in [-0.39, 0.29) is 3.92 Å². The van der Waals surface area contributed by atoms with Crippen molar-refractivity contribution in [2.24, 2.45) is 0 Å². The van der Waals surface area contributed by atoms with E-state index in [1.165, 1.54) is 0 Å². The number of alkyl halides is 1. The standard InChI is InChI=1S/C15H12IN3/c1-9-4-3-5-11(6-9)15-13(8-18)14(16)12(7-17)10(2)19-15/h3-6,14,19H,1-2H3. The zero-order valence-electron chi connectivity index (χ0n) is 10.7. The van der Waals surface area contributed by atoms with Gasteiger partial charge in [0.25, 0.3) is 0 Å². The first kappa shape index (κ1) is 13.6. The van der Waals surface area contributed by atoms with Crippen molar-refractivity contribution in [1.29, 1.82) is 10.5 Å². The van der Waals surface area contributed by atoms with Crippen LogP contribution in [0.2, 0.25) is 0 Å². The van der Waals surface area contributed by atoms with Crippen LogP contribution in [0.3, 0.4) is 0 Å². The molecule has 1 aromatic rings. The minimum atomic E-state index is -0.190. The Bertz CT molecular complexity index is 671. The molecule has 0 saturated carbocycles. The summed E-state index contributed by atoms with van der Waals surface area (Å²) < 4.78 is -0.190. The van der Waals surface area contributed by atoms with Crippen LogP contribution in [-0.2, 0) is 0 Å². The molecule has 4 heteroatoms. The van der Waals surface area contributed by atoms with Crippen LogP contribution in [0.15, 0.2) is 41.1 Å². The lowest BCUT2D eigenvalue weighted by molar-refractivity contribution is 0.986. The van der Waals surface area contributed by atoms with Gasteiger partial charge in [0.15, 0.2) is 0 Å². The van der Waals surface area contributed by atoms with Crippen LogP contribution < -0.4 is 5.32 Å². The van der Waals surface area contributed by atoms with E-state index < -0.39 is 0 Å². The number of hydrogen-bond acceptors (Lipinski definition) is 3. The first-order chi connectivity index (χ1) is 9.08. The van der Waals surface area contributed by atoms with Gasteiger partial charge >= 0.3 is 0 Å². The SMILES string of the molecule is CC1=C(C#N)C(I)C(C#N)=C(c2cccc(C)c2)N1. The van der Waals surface area contributed by atoms with Gasteiger partial charge in [0, 0.05) is 5.70 Å². The number of allylic oxidation sites excluding steroid dienone is 3. The molecule has 0 spiro atoms. The minimum Gasteiger partial charge on any atom is -0.357 e. The minimum absolute atomic E-state index is 0.190. The van der Waals surface area contributed by atoms with Gasteiger partial charge in [-0.2, -0.15) is 10.5 Å². The smallest absolute Gasteiger partial charge is 0.0984 e. The fourth-order valence-electron chi connectivity index (χ4n) is 2.06. The van der Waals surface area contributed by atoms with Crippen molar-refractivity contribution in [1.82, 2.24) is 5.32 Å². The van der Waals surface area contributed by atoms with E-state index in [1.807, 2.05) is 38.1 Å². The van der Waals surface area contributed by atoms with E-state index in [0.717, 1.165) is 22.5 Å². The fraction of sp³-hybridized carbons (Fsp3) is 0.200. The zero-order valence-corrected chi connectivity index (χ0v) is 12.8. The topological polar surface area (TPSA) is 59.6 Å². The number of nitrogens with zero attached hydrogens (tertiary/aromatic N) is 2. The second kappa shape index (κ2) is 5.46. The number of benzene rings is 1. The average Bonchev–Trinajstić information content (AvgIpc) is 2.38. The Morgan fingerprint density at radius 1 is 1.16 bits per heavy atom. The van der Waals surface area contributed by atoms with Gasteiger partial charge < -0.3 is 5.32 Å². The van der Waals surface area contributed by atoms with Gasteiger partial charge in [-0.05, 0) is 25.5 Å². The number of aryl methyl sites for hydroxylation is 1. The van der Waals surface area contributed by atoms with Gasteiger partial charge in [0.2, 0.25) is 0 Å². The monoisotopic (exact) mass is 361 g/mol. The van der Waals surface area contributed by atoms with E-state index >= 15 is 0 Å². The number of nitriles is 2. The molecule has 3 nitrogen and oxygen atoms in total. The third-order valence-corrected chi connectivity index (χ3v) is 4.29. The molecule has 1 aliphatic rings. The molecule has 0 aromatic heterocycles. The lowest BCUT2D eigenvalue weighted by atomic mass is 9.95. The number of nitrogens with one attached hydrogen (secondary N) is 1. The van der Waals surface area contributed by atoms with E-state index in [1.54, 1.807) is 0 Å². The Balaban J connectivity index is 2.57. The molecule has 1 N–H and O–H groups in total. The molecular weight excluding hydrogens is 349 g/mol. The summed E-state index contributed by atoms with van der Waals surface area (Å²) in [4.78, 5) is 0. The molecule has 0 amide bonds. The fourth-order valence-corrected chi connectivity index (χ4v) is 3.12. The van der Waals surface area contributed by atoms with Gasteiger partial charge in [-0.3, -0.25) is 0 Å². The molecule has 0 radical (unpaired) electrons. The zero-order chi connectivity index (χ0) is 14.0. The highest BCUT2D eigenvalue weighted by molar-refractivity contribution is 14.1. The highest BCUT2D eigenvalue weighted by Gasteiger charge is 2.27. The molecule has 0 bridgehead atoms. The van der Waals surface area contributed by atoms with Gasteiger partial charge in [0.05, 0.1) is 32.9 Å². The summed E-state index contributed by atoms with van der Waals surface area (Å²) >= 11 is 2.15. The van der Waals surface area contributed by atoms with E-state index in [0.29, 0.717) is 11.1 Å². The first-order valence-electron chi connectivity index (χ1n) is 5.81. The third kappa shape index (κ3) is 2.50. The van der Waals surface area contributed by atoms with Crippen molar-refractivity contribution in [2.45, 2.75) is 17.8 Å². The third-order valence-electron chi connectivity index (χ3n) is 3.04. The first-order valence-corrected chi connectivity index (χ1v) is 7.06. The maximum atomic E-state index is 9.38. The second-order valence-electron chi connectivity index (χ2n) is 4.41. The molecule has 1 aliphatic heterocycles. The maximum Gasteiger partial charge on any atom is 0.0984 e. The molecule has 0 aliphatic carbocycles. The summed E-state index contributed by atoms with van der Waals surface area (Å²) in [5.74, 6) is 0. The molecule has 2 rings (SSSR count). The molecule has 1 unspecified atom stereocenters. The maximum absolute atomic E-state index is 9.38. The molecule has 94 valence electrons. The van der Waals surface area contributed by atoms with Crippen molar-refractivity contribution < 1.29 is 0 Å². The normalized spacial score (nSPS) is 18.7. The Hall–Kier alpha value is -1.79. The summed E-state index contributed by atoms with van der Waals surface area (Å²) in [7, 11) is 0. The van der Waals surface area contributed by atoms with Crippen molar-refractivity contribution in [3.05, 3.63) is 52.2 Å². The highest BCUT2D eigenvalue weighted by Crippen LogP contribution is 2.33. The number of rotatable bonds is 1. The van der Waals surface area contributed by atoms with Crippen LogP contribution in [0.5, 0.6) is 0 Å². The Labute approximate surface area is 126 Å². The van der Waals surface area contributed by atoms with E-state index in [4.69, 9.17) is 5.26 Å². The van der Waals surface area contributed by atoms with Gasteiger partial charge in [-0.1, -0.05) is 46.4 Å². The summed E-state index contributed by atoms with van der Waals surface area (Å²) in [6, 6.07) is 12.4. The average molecular weight is 361 g/mol. The molecule has 0 saturated heterocycles. The van der Waals surface area contributed by atoms with Crippen LogP contribution in [0.1, 0.15) is 18.1 Å². The lowest BCUT2D eigenvalue weighted by Gasteiger charge is -2.24. The molecular formula is C15H12IN3. The van der Waals surface area contributed by atoms with Gasteiger partial charge in [0.1, 0.15) is 0 Å². The van der Waals surface area contributed by atoms with Crippen LogP contribution >= 0.6 is 22.6 Å². The van der Waals surface area contributed by atoms with Crippen molar-refractivity contribution in [2.75, 3.05) is 0 Å². The van der Waals surface area contributed by atoms with Crippen molar-refractivity contribution >= 4 is 28.3 Å².